The number of benzene rings is 2. The zero-order valence-corrected chi connectivity index (χ0v) is 26.1. The van der Waals surface area contributed by atoms with Gasteiger partial charge in [0.1, 0.15) is 5.01 Å². The first-order valence-electron chi connectivity index (χ1n) is 13.2. The third-order valence-corrected chi connectivity index (χ3v) is 10.1. The van der Waals surface area contributed by atoms with Crippen molar-refractivity contribution in [3.8, 4) is 22.5 Å². The van der Waals surface area contributed by atoms with Crippen LogP contribution in [0.1, 0.15) is 37.1 Å². The summed E-state index contributed by atoms with van der Waals surface area (Å²) >= 11 is 15.1. The average molecular weight is 652 g/mol. The van der Waals surface area contributed by atoms with Crippen LogP contribution in [0.3, 0.4) is 0 Å². The molecular formula is C30H34AlCl2LiN4O2S2. The monoisotopic (exact) mass is 650 g/mol. The second-order valence-electron chi connectivity index (χ2n) is 9.94. The fraction of sp³-hybridized carbons (Fsp3) is 0.367. The molecule has 0 atom stereocenters. The molecule has 0 unspecified atom stereocenters. The van der Waals surface area contributed by atoms with E-state index in [-0.39, 0.29) is 43.1 Å². The van der Waals surface area contributed by atoms with Crippen molar-refractivity contribution in [2.75, 3.05) is 33.0 Å². The van der Waals surface area contributed by atoms with Crippen LogP contribution in [-0.4, -0.2) is 60.3 Å². The van der Waals surface area contributed by atoms with E-state index in [0.29, 0.717) is 24.8 Å². The van der Waals surface area contributed by atoms with E-state index >= 15 is 0 Å². The molecule has 0 bridgehead atoms. The van der Waals surface area contributed by atoms with Gasteiger partial charge in [-0.1, -0.05) is 47.5 Å². The Labute approximate surface area is 289 Å². The van der Waals surface area contributed by atoms with E-state index in [0.717, 1.165) is 76.4 Å². The predicted molar refractivity (Wildman–Crippen MR) is 175 cm³/mol. The van der Waals surface area contributed by atoms with Gasteiger partial charge >= 0.3 is 18.9 Å². The molecule has 42 heavy (non-hydrogen) atoms. The summed E-state index contributed by atoms with van der Waals surface area (Å²) in [6.07, 6.45) is 3.36. The van der Waals surface area contributed by atoms with Gasteiger partial charge in [0, 0.05) is 57.1 Å². The van der Waals surface area contributed by atoms with Gasteiger partial charge in [-0.3, -0.25) is 0 Å². The Kier molecular flexibility index (Phi) is 13.6. The van der Waals surface area contributed by atoms with E-state index in [2.05, 4.69) is 15.2 Å². The van der Waals surface area contributed by atoms with Gasteiger partial charge in [-0.25, -0.2) is 16.5 Å². The van der Waals surface area contributed by atoms with Crippen LogP contribution in [0.15, 0.2) is 59.3 Å². The van der Waals surface area contributed by atoms with E-state index in [1.165, 1.54) is 0 Å². The molecular weight excluding hydrogens is 617 g/mol. The fourth-order valence-corrected chi connectivity index (χ4v) is 7.25. The molecule has 6 nitrogen and oxygen atoms in total. The van der Waals surface area contributed by atoms with Crippen molar-refractivity contribution in [3.05, 3.63) is 90.8 Å². The average Bonchev–Trinajstić information content (AvgIpc) is 3.71. The molecule has 2 saturated heterocycles. The Morgan fingerprint density at radius 3 is 1.67 bits per heavy atom. The Morgan fingerprint density at radius 1 is 0.786 bits per heavy atom. The second-order valence-corrected chi connectivity index (χ2v) is 12.5. The van der Waals surface area contributed by atoms with Crippen molar-refractivity contribution in [3.63, 3.8) is 0 Å². The minimum Gasteiger partial charge on any atom is -1.00 e. The van der Waals surface area contributed by atoms with E-state index < -0.39 is 5.54 Å². The van der Waals surface area contributed by atoms with Crippen molar-refractivity contribution in [1.82, 2.24) is 9.97 Å². The van der Waals surface area contributed by atoms with Gasteiger partial charge in [0.25, 0.3) is 5.54 Å². The summed E-state index contributed by atoms with van der Waals surface area (Å²) in [5.74, 6) is 0. The van der Waals surface area contributed by atoms with Crippen LogP contribution in [0.2, 0.25) is 10.0 Å². The van der Waals surface area contributed by atoms with Gasteiger partial charge < -0.3 is 21.5 Å². The molecule has 6 rings (SSSR count). The number of nitrogens with zero attached hydrogens (tertiary/aromatic N) is 3. The number of hydrogen-bond acceptors (Lipinski definition) is 7. The summed E-state index contributed by atoms with van der Waals surface area (Å²) < 4.78 is 10.8. The molecule has 0 radical (unpaired) electrons. The first-order chi connectivity index (χ1) is 19.5. The van der Waals surface area contributed by atoms with Gasteiger partial charge in [-0.15, -0.1) is 22.7 Å². The predicted octanol–water partition coefficient (Wildman–Crippen LogP) is 3.79. The van der Waals surface area contributed by atoms with Gasteiger partial charge in [-0.2, -0.15) is 0 Å². The number of halogens is 2. The van der Waals surface area contributed by atoms with Gasteiger partial charge in [0.15, 0.2) is 22.4 Å². The normalized spacial score (nSPS) is 17.0. The standard InChI is InChI=1S/C15H13ClN2OS.C15H17ClN2OS.Al.Li.4H/c1-17-15(6-8-19-9-7-15)14-18-13(10-20-14)11-2-4-12(16)5-3-11;16-12-3-1-11(2-4-12)13-9-20-14(18-13)15(10-17)5-7-19-8-6-15;;;;;;/h2-5,10H,6-9H2;1-4,9H,5-8,10,17H2;;;;;;/q;;;+1;;;;-1. The Balaban J connectivity index is 0.000000281. The number of aromatic nitrogens is 2. The molecule has 12 heteroatoms. The van der Waals surface area contributed by atoms with E-state index in [1.807, 2.05) is 53.9 Å². The summed E-state index contributed by atoms with van der Waals surface area (Å²) in [4.78, 5) is 13.4. The minimum atomic E-state index is -0.492. The van der Waals surface area contributed by atoms with Gasteiger partial charge in [0.2, 0.25) is 0 Å². The molecule has 0 aliphatic carbocycles. The van der Waals surface area contributed by atoms with Gasteiger partial charge in [-0.05, 0) is 37.1 Å². The van der Waals surface area contributed by atoms with E-state index in [4.69, 9.17) is 50.0 Å². The SMILES string of the molecule is NCC1(c2nc(-c3ccc(Cl)cc3)cs2)CCOCC1.[AlH3].[C-]#[N+]C1(c2nc(-c3ccc(Cl)cc3)cs2)CCOCC1.[H-].[Li+]. The van der Waals surface area contributed by atoms with Crippen molar-refractivity contribution < 1.29 is 29.8 Å². The van der Waals surface area contributed by atoms with Gasteiger partial charge in [0.05, 0.1) is 37.4 Å². The number of rotatable bonds is 5. The van der Waals surface area contributed by atoms with Crippen LogP contribution in [-0.2, 0) is 20.4 Å². The molecule has 4 heterocycles. The largest absolute Gasteiger partial charge is 1.00 e. The van der Waals surface area contributed by atoms with Crippen molar-refractivity contribution >= 4 is 63.2 Å². The molecule has 2 aliphatic heterocycles. The maximum absolute atomic E-state index is 7.54. The zero-order valence-electron chi connectivity index (χ0n) is 23.9. The smallest absolute Gasteiger partial charge is 1.00 e. The van der Waals surface area contributed by atoms with E-state index in [9.17, 15) is 0 Å². The van der Waals surface area contributed by atoms with E-state index in [1.54, 1.807) is 22.7 Å². The van der Waals surface area contributed by atoms with Crippen LogP contribution in [0.25, 0.3) is 27.4 Å². The van der Waals surface area contributed by atoms with Crippen molar-refractivity contribution in [2.45, 2.75) is 36.6 Å². The number of thiazole rings is 2. The molecule has 4 aromatic rings. The molecule has 2 N–H and O–H groups in total. The Morgan fingerprint density at radius 2 is 1.21 bits per heavy atom. The third-order valence-electron chi connectivity index (χ3n) is 7.51. The summed E-state index contributed by atoms with van der Waals surface area (Å²) in [5, 5.41) is 7.61. The molecule has 0 saturated carbocycles. The summed E-state index contributed by atoms with van der Waals surface area (Å²) in [6.45, 7) is 11.0. The zero-order chi connectivity index (χ0) is 28.0. The molecule has 0 amide bonds. The fourth-order valence-electron chi connectivity index (χ4n) is 4.86. The van der Waals surface area contributed by atoms with Crippen molar-refractivity contribution in [1.29, 1.82) is 0 Å². The first kappa shape index (κ1) is 35.3. The summed E-state index contributed by atoms with van der Waals surface area (Å²) in [5.41, 5.74) is 9.57. The molecule has 2 fully saturated rings. The van der Waals surface area contributed by atoms with Crippen LogP contribution < -0.4 is 24.6 Å². The topological polar surface area (TPSA) is 74.6 Å². The quantitative estimate of drug-likeness (QED) is 0.263. The molecule has 2 aromatic carbocycles. The second kappa shape index (κ2) is 16.2. The molecule has 2 aromatic heterocycles. The Bertz CT molecular complexity index is 1460. The minimum absolute atomic E-state index is 0. The van der Waals surface area contributed by atoms with Crippen LogP contribution in [0, 0.1) is 6.57 Å². The number of nitrogens with two attached hydrogens (primary N) is 1. The maximum atomic E-state index is 7.54. The third kappa shape index (κ3) is 8.08. The first-order valence-corrected chi connectivity index (χ1v) is 15.7. The molecule has 2 aliphatic rings. The Hall–Kier alpha value is -1.22. The maximum Gasteiger partial charge on any atom is 1.00 e. The number of ether oxygens (including phenoxy) is 2. The van der Waals surface area contributed by atoms with Crippen molar-refractivity contribution in [2.24, 2.45) is 5.73 Å². The number of hydrogen-bond donors (Lipinski definition) is 1. The van der Waals surface area contributed by atoms with Crippen LogP contribution in [0.5, 0.6) is 0 Å². The molecule has 216 valence electrons. The van der Waals surface area contributed by atoms with Crippen LogP contribution in [0.4, 0.5) is 0 Å². The molecule has 0 spiro atoms. The summed E-state index contributed by atoms with van der Waals surface area (Å²) in [6, 6.07) is 15.4. The van der Waals surface area contributed by atoms with Crippen LogP contribution >= 0.6 is 45.9 Å². The summed E-state index contributed by atoms with van der Waals surface area (Å²) in [7, 11) is 0.